The van der Waals surface area contributed by atoms with Crippen LogP contribution in [-0.4, -0.2) is 6.04 Å². The summed E-state index contributed by atoms with van der Waals surface area (Å²) in [4.78, 5) is 0. The Morgan fingerprint density at radius 1 is 1.10 bits per heavy atom. The van der Waals surface area contributed by atoms with Crippen LogP contribution < -0.4 is 5.32 Å². The quantitative estimate of drug-likeness (QED) is 0.518. The molecular formula is C16H20Br3N. The number of nitrogens with one attached hydrogen (secondary N) is 1. The maximum absolute atomic E-state index is 3.85. The Bertz CT molecular complexity index is 527. The van der Waals surface area contributed by atoms with Gasteiger partial charge in [0.25, 0.3) is 0 Å². The normalized spacial score (nSPS) is 34.5. The van der Waals surface area contributed by atoms with Crippen molar-refractivity contribution in [3.8, 4) is 0 Å². The van der Waals surface area contributed by atoms with E-state index in [0.717, 1.165) is 19.3 Å². The van der Waals surface area contributed by atoms with E-state index >= 15 is 0 Å². The highest BCUT2D eigenvalue weighted by molar-refractivity contribution is 9.11. The van der Waals surface area contributed by atoms with E-state index in [0.29, 0.717) is 16.9 Å². The van der Waals surface area contributed by atoms with Crippen LogP contribution in [0.5, 0.6) is 0 Å². The summed E-state index contributed by atoms with van der Waals surface area (Å²) in [5, 5.41) is 3.85. The van der Waals surface area contributed by atoms with E-state index in [1.807, 2.05) is 0 Å². The summed E-state index contributed by atoms with van der Waals surface area (Å²) in [6, 6.07) is 4.74. The molecule has 4 heteroatoms. The van der Waals surface area contributed by atoms with E-state index in [4.69, 9.17) is 0 Å². The number of benzene rings is 1. The summed E-state index contributed by atoms with van der Waals surface area (Å²) in [7, 11) is 0. The molecule has 110 valence electrons. The van der Waals surface area contributed by atoms with Gasteiger partial charge in [-0.15, -0.1) is 0 Å². The minimum atomic E-state index is 0.360. The van der Waals surface area contributed by atoms with Gasteiger partial charge in [0, 0.05) is 19.5 Å². The third-order valence-electron chi connectivity index (χ3n) is 5.57. The molecule has 0 saturated heterocycles. The van der Waals surface area contributed by atoms with Crippen molar-refractivity contribution in [3.05, 3.63) is 25.6 Å². The maximum Gasteiger partial charge on any atom is 0.0632 e. The molecule has 2 aliphatic carbocycles. The highest BCUT2D eigenvalue weighted by Gasteiger charge is 2.59. The number of hydrogen-bond acceptors (Lipinski definition) is 1. The second kappa shape index (κ2) is 4.99. The SMILES string of the molecule is CC1(C)C(Nc2c(Br)cc(Br)cc2Br)[C@]2(C)CC[C@H]1C2. The van der Waals surface area contributed by atoms with Crippen molar-refractivity contribution < 1.29 is 0 Å². The smallest absolute Gasteiger partial charge is 0.0632 e. The van der Waals surface area contributed by atoms with Crippen LogP contribution in [0.1, 0.15) is 40.0 Å². The van der Waals surface area contributed by atoms with Crippen LogP contribution >= 0.6 is 47.8 Å². The highest BCUT2D eigenvalue weighted by Crippen LogP contribution is 2.63. The van der Waals surface area contributed by atoms with Gasteiger partial charge in [-0.1, -0.05) is 36.7 Å². The Balaban J connectivity index is 1.96. The molecule has 1 aromatic carbocycles. The number of fused-ring (bicyclic) bond motifs is 2. The van der Waals surface area contributed by atoms with Crippen molar-refractivity contribution >= 4 is 53.5 Å². The van der Waals surface area contributed by atoms with E-state index in [1.165, 1.54) is 24.9 Å². The largest absolute Gasteiger partial charge is 0.379 e. The van der Waals surface area contributed by atoms with Crippen LogP contribution in [0.15, 0.2) is 25.6 Å². The second-order valence-corrected chi connectivity index (χ2v) is 9.86. The zero-order chi connectivity index (χ0) is 14.7. The van der Waals surface area contributed by atoms with Crippen molar-refractivity contribution in [2.24, 2.45) is 16.7 Å². The fourth-order valence-corrected chi connectivity index (χ4v) is 6.97. The predicted molar refractivity (Wildman–Crippen MR) is 96.2 cm³/mol. The zero-order valence-corrected chi connectivity index (χ0v) is 16.8. The standard InChI is InChI=1S/C16H20Br3N/c1-15(2)9-4-5-16(3,8-9)14(15)20-13-11(18)6-10(17)7-12(13)19/h6-7,9,14,20H,4-5,8H2,1-3H3/t9-,14?,16+/m0/s1. The monoisotopic (exact) mass is 463 g/mol. The fraction of sp³-hybridized carbons (Fsp3) is 0.625. The number of rotatable bonds is 2. The van der Waals surface area contributed by atoms with Crippen molar-refractivity contribution in [1.82, 2.24) is 0 Å². The van der Waals surface area contributed by atoms with Gasteiger partial charge in [-0.05, 0) is 80.0 Å². The summed E-state index contributed by atoms with van der Waals surface area (Å²) >= 11 is 10.9. The van der Waals surface area contributed by atoms with E-state index in [1.54, 1.807) is 0 Å². The molecule has 2 saturated carbocycles. The fourth-order valence-electron chi connectivity index (χ4n) is 4.49. The first-order valence-corrected chi connectivity index (χ1v) is 9.53. The lowest BCUT2D eigenvalue weighted by Crippen LogP contribution is -2.45. The molecule has 3 atom stereocenters. The molecule has 1 unspecified atom stereocenters. The van der Waals surface area contributed by atoms with Crippen LogP contribution in [0.25, 0.3) is 0 Å². The summed E-state index contributed by atoms with van der Waals surface area (Å²) in [5.74, 6) is 0.859. The molecule has 1 N–H and O–H groups in total. The molecule has 0 spiro atoms. The molecule has 1 nitrogen and oxygen atoms in total. The van der Waals surface area contributed by atoms with Gasteiger partial charge in [0.2, 0.25) is 0 Å². The zero-order valence-electron chi connectivity index (χ0n) is 12.1. The molecule has 0 radical (unpaired) electrons. The van der Waals surface area contributed by atoms with Gasteiger partial charge in [0.05, 0.1) is 5.69 Å². The average molecular weight is 466 g/mol. The number of halogens is 3. The first kappa shape index (κ1) is 15.4. The molecule has 0 heterocycles. The lowest BCUT2D eigenvalue weighted by molar-refractivity contribution is 0.155. The van der Waals surface area contributed by atoms with Gasteiger partial charge >= 0.3 is 0 Å². The molecule has 2 aliphatic rings. The Morgan fingerprint density at radius 2 is 1.70 bits per heavy atom. The Labute approximate surface area is 146 Å². The summed E-state index contributed by atoms with van der Waals surface area (Å²) in [6.07, 6.45) is 4.11. The Morgan fingerprint density at radius 3 is 2.20 bits per heavy atom. The molecule has 2 fully saturated rings. The Kier molecular flexibility index (Phi) is 3.83. The van der Waals surface area contributed by atoms with Gasteiger partial charge in [-0.2, -0.15) is 0 Å². The van der Waals surface area contributed by atoms with Gasteiger partial charge in [0.15, 0.2) is 0 Å². The van der Waals surface area contributed by atoms with E-state index in [9.17, 15) is 0 Å². The molecule has 1 aromatic rings. The van der Waals surface area contributed by atoms with E-state index in [-0.39, 0.29) is 0 Å². The first-order chi connectivity index (χ1) is 9.24. The highest BCUT2D eigenvalue weighted by atomic mass is 79.9. The predicted octanol–water partition coefficient (Wildman–Crippen LogP) is 6.60. The second-order valence-electron chi connectivity index (χ2n) is 7.24. The van der Waals surface area contributed by atoms with Gasteiger partial charge < -0.3 is 5.32 Å². The molecule has 0 aliphatic heterocycles. The lowest BCUT2D eigenvalue weighted by atomic mass is 9.68. The van der Waals surface area contributed by atoms with Gasteiger partial charge in [0.1, 0.15) is 0 Å². The topological polar surface area (TPSA) is 12.0 Å². The van der Waals surface area contributed by atoms with Crippen molar-refractivity contribution in [1.29, 1.82) is 0 Å². The van der Waals surface area contributed by atoms with Crippen LogP contribution in [0.3, 0.4) is 0 Å². The van der Waals surface area contributed by atoms with Crippen LogP contribution in [0, 0.1) is 16.7 Å². The van der Waals surface area contributed by atoms with Gasteiger partial charge in [-0.3, -0.25) is 0 Å². The maximum atomic E-state index is 3.85. The van der Waals surface area contributed by atoms with Crippen molar-refractivity contribution in [2.45, 2.75) is 46.1 Å². The number of hydrogen-bond donors (Lipinski definition) is 1. The van der Waals surface area contributed by atoms with E-state index < -0.39 is 0 Å². The summed E-state index contributed by atoms with van der Waals surface area (Å²) in [5.41, 5.74) is 1.97. The molecule has 2 bridgehead atoms. The van der Waals surface area contributed by atoms with Crippen LogP contribution in [-0.2, 0) is 0 Å². The Hall–Kier alpha value is 0.460. The minimum absolute atomic E-state index is 0.360. The molecule has 3 rings (SSSR count). The third kappa shape index (κ3) is 2.30. The first-order valence-electron chi connectivity index (χ1n) is 7.15. The molecule has 0 aromatic heterocycles. The molecular weight excluding hydrogens is 446 g/mol. The number of anilines is 1. The summed E-state index contributed by atoms with van der Waals surface area (Å²) < 4.78 is 3.31. The lowest BCUT2D eigenvalue weighted by Gasteiger charge is -2.44. The average Bonchev–Trinajstić information content (AvgIpc) is 2.77. The summed E-state index contributed by atoms with van der Waals surface area (Å²) in [6.45, 7) is 7.32. The third-order valence-corrected chi connectivity index (χ3v) is 7.27. The van der Waals surface area contributed by atoms with Crippen molar-refractivity contribution in [2.75, 3.05) is 5.32 Å². The van der Waals surface area contributed by atoms with E-state index in [2.05, 4.69) is 86.0 Å². The molecule has 20 heavy (non-hydrogen) atoms. The van der Waals surface area contributed by atoms with Crippen molar-refractivity contribution in [3.63, 3.8) is 0 Å². The van der Waals surface area contributed by atoms with Crippen LogP contribution in [0.4, 0.5) is 5.69 Å². The minimum Gasteiger partial charge on any atom is -0.379 e. The van der Waals surface area contributed by atoms with Gasteiger partial charge in [-0.25, -0.2) is 0 Å². The molecule has 0 amide bonds. The van der Waals surface area contributed by atoms with Crippen LogP contribution in [0.2, 0.25) is 0 Å².